The normalized spacial score (nSPS) is 10.7. The van der Waals surface area contributed by atoms with Gasteiger partial charge in [-0.25, -0.2) is 0 Å². The maximum Gasteiger partial charge on any atom is 0.325 e. The van der Waals surface area contributed by atoms with Crippen LogP contribution in [0.1, 0.15) is 17.0 Å². The first-order valence-corrected chi connectivity index (χ1v) is 5.48. The van der Waals surface area contributed by atoms with Gasteiger partial charge in [0.15, 0.2) is 0 Å². The van der Waals surface area contributed by atoms with Crippen LogP contribution in [0.5, 0.6) is 0 Å². The van der Waals surface area contributed by atoms with Crippen molar-refractivity contribution in [1.29, 1.82) is 0 Å². The molecule has 0 aliphatic rings. The summed E-state index contributed by atoms with van der Waals surface area (Å²) in [5, 5.41) is 6.66. The van der Waals surface area contributed by atoms with Crippen molar-refractivity contribution in [2.24, 2.45) is 7.05 Å². The molecular weight excluding hydrogens is 234 g/mol. The lowest BCUT2D eigenvalue weighted by Crippen LogP contribution is -2.28. The first-order valence-electron chi connectivity index (χ1n) is 5.48. The maximum absolute atomic E-state index is 11.4. The SMILES string of the molecule is COC(=O)CNC(=O)/C=C/c1c(C)nn(C)c1C. The number of aryl methyl sites for hydroxylation is 2. The third kappa shape index (κ3) is 3.44. The minimum Gasteiger partial charge on any atom is -0.468 e. The number of amides is 1. The number of aromatic nitrogens is 2. The third-order valence-electron chi connectivity index (χ3n) is 2.60. The molecule has 6 heteroatoms. The summed E-state index contributed by atoms with van der Waals surface area (Å²) >= 11 is 0. The van der Waals surface area contributed by atoms with Crippen LogP contribution in [-0.4, -0.2) is 35.3 Å². The van der Waals surface area contributed by atoms with Gasteiger partial charge in [0.05, 0.1) is 12.8 Å². The largest absolute Gasteiger partial charge is 0.468 e. The van der Waals surface area contributed by atoms with Gasteiger partial charge in [-0.15, -0.1) is 0 Å². The van der Waals surface area contributed by atoms with E-state index in [1.807, 2.05) is 20.9 Å². The van der Waals surface area contributed by atoms with E-state index in [1.54, 1.807) is 10.8 Å². The Labute approximate surface area is 106 Å². The van der Waals surface area contributed by atoms with Gasteiger partial charge < -0.3 is 10.1 Å². The third-order valence-corrected chi connectivity index (χ3v) is 2.60. The Morgan fingerprint density at radius 2 is 2.11 bits per heavy atom. The van der Waals surface area contributed by atoms with Crippen LogP contribution < -0.4 is 5.32 Å². The average molecular weight is 251 g/mol. The second kappa shape index (κ2) is 6.00. The fourth-order valence-corrected chi connectivity index (χ4v) is 1.48. The number of methoxy groups -OCH3 is 1. The zero-order chi connectivity index (χ0) is 13.7. The molecule has 1 heterocycles. The standard InChI is InChI=1S/C12H17N3O3/c1-8-10(9(2)15(3)14-8)5-6-11(16)13-7-12(17)18-4/h5-6H,7H2,1-4H3,(H,13,16)/b6-5+. The van der Waals surface area contributed by atoms with Gasteiger partial charge in [-0.1, -0.05) is 0 Å². The van der Waals surface area contributed by atoms with Crippen molar-refractivity contribution < 1.29 is 14.3 Å². The van der Waals surface area contributed by atoms with E-state index in [9.17, 15) is 9.59 Å². The minimum absolute atomic E-state index is 0.134. The molecule has 1 aromatic rings. The van der Waals surface area contributed by atoms with Gasteiger partial charge in [0, 0.05) is 24.4 Å². The predicted octanol–water partition coefficient (Wildman–Crippen LogP) is 0.339. The zero-order valence-corrected chi connectivity index (χ0v) is 11.0. The Hall–Kier alpha value is -2.11. The molecule has 98 valence electrons. The summed E-state index contributed by atoms with van der Waals surface area (Å²) in [4.78, 5) is 22.3. The Balaban J connectivity index is 2.64. The molecule has 1 aromatic heterocycles. The molecule has 0 spiro atoms. The van der Waals surface area contributed by atoms with E-state index >= 15 is 0 Å². The van der Waals surface area contributed by atoms with Gasteiger partial charge >= 0.3 is 5.97 Å². The lowest BCUT2D eigenvalue weighted by Gasteiger charge is -1.99. The van der Waals surface area contributed by atoms with E-state index in [-0.39, 0.29) is 12.5 Å². The predicted molar refractivity (Wildman–Crippen MR) is 66.7 cm³/mol. The van der Waals surface area contributed by atoms with Crippen LogP contribution in [0, 0.1) is 13.8 Å². The highest BCUT2D eigenvalue weighted by Crippen LogP contribution is 2.13. The molecular formula is C12H17N3O3. The topological polar surface area (TPSA) is 73.2 Å². The first kappa shape index (κ1) is 14.0. The molecule has 1 rings (SSSR count). The van der Waals surface area contributed by atoms with Crippen LogP contribution >= 0.6 is 0 Å². The molecule has 18 heavy (non-hydrogen) atoms. The van der Waals surface area contributed by atoms with E-state index in [1.165, 1.54) is 13.2 Å². The van der Waals surface area contributed by atoms with Crippen LogP contribution in [0.2, 0.25) is 0 Å². The van der Waals surface area contributed by atoms with Crippen molar-refractivity contribution in [2.45, 2.75) is 13.8 Å². The summed E-state index contributed by atoms with van der Waals surface area (Å²) in [6.07, 6.45) is 3.06. The van der Waals surface area contributed by atoms with Crippen molar-refractivity contribution in [1.82, 2.24) is 15.1 Å². The monoisotopic (exact) mass is 251 g/mol. The van der Waals surface area contributed by atoms with Gasteiger partial charge in [0.25, 0.3) is 0 Å². The van der Waals surface area contributed by atoms with Gasteiger partial charge in [0.1, 0.15) is 6.54 Å². The van der Waals surface area contributed by atoms with Crippen molar-refractivity contribution in [2.75, 3.05) is 13.7 Å². The maximum atomic E-state index is 11.4. The van der Waals surface area contributed by atoms with E-state index in [0.717, 1.165) is 17.0 Å². The molecule has 0 saturated carbocycles. The van der Waals surface area contributed by atoms with Gasteiger partial charge in [0.2, 0.25) is 5.91 Å². The van der Waals surface area contributed by atoms with Gasteiger partial charge in [-0.05, 0) is 19.9 Å². The lowest BCUT2D eigenvalue weighted by molar-refractivity contribution is -0.140. The Bertz CT molecular complexity index is 489. The van der Waals surface area contributed by atoms with E-state index in [0.29, 0.717) is 0 Å². The highest BCUT2D eigenvalue weighted by molar-refractivity contribution is 5.93. The molecule has 1 amide bonds. The molecule has 1 N–H and O–H groups in total. The number of nitrogens with zero attached hydrogens (tertiary/aromatic N) is 2. The summed E-state index contributed by atoms with van der Waals surface area (Å²) in [6.45, 7) is 3.66. The summed E-state index contributed by atoms with van der Waals surface area (Å²) < 4.78 is 6.17. The summed E-state index contributed by atoms with van der Waals surface area (Å²) in [7, 11) is 3.11. The van der Waals surface area contributed by atoms with E-state index in [2.05, 4.69) is 15.2 Å². The highest BCUT2D eigenvalue weighted by atomic mass is 16.5. The number of rotatable bonds is 4. The van der Waals surface area contributed by atoms with E-state index in [4.69, 9.17) is 0 Å². The molecule has 0 atom stereocenters. The van der Waals surface area contributed by atoms with Gasteiger partial charge in [-0.2, -0.15) is 5.10 Å². The molecule has 0 aromatic carbocycles. The molecule has 0 unspecified atom stereocenters. The zero-order valence-electron chi connectivity index (χ0n) is 11.0. The van der Waals surface area contributed by atoms with Crippen LogP contribution in [0.3, 0.4) is 0 Å². The van der Waals surface area contributed by atoms with Crippen LogP contribution in [0.25, 0.3) is 6.08 Å². The van der Waals surface area contributed by atoms with Crippen LogP contribution in [-0.2, 0) is 21.4 Å². The summed E-state index contributed by atoms with van der Waals surface area (Å²) in [5.41, 5.74) is 2.74. The number of hydrogen-bond donors (Lipinski definition) is 1. The Morgan fingerprint density at radius 3 is 2.61 bits per heavy atom. The van der Waals surface area contributed by atoms with Crippen molar-refractivity contribution in [3.8, 4) is 0 Å². The van der Waals surface area contributed by atoms with Gasteiger partial charge in [-0.3, -0.25) is 14.3 Å². The van der Waals surface area contributed by atoms with Crippen LogP contribution in [0.4, 0.5) is 0 Å². The number of esters is 1. The molecule has 0 saturated heterocycles. The molecule has 0 aliphatic carbocycles. The molecule has 6 nitrogen and oxygen atoms in total. The number of nitrogens with one attached hydrogen (secondary N) is 1. The lowest BCUT2D eigenvalue weighted by atomic mass is 10.2. The Morgan fingerprint density at radius 1 is 1.44 bits per heavy atom. The fraction of sp³-hybridized carbons (Fsp3) is 0.417. The number of carbonyl (C=O) groups is 2. The molecule has 0 bridgehead atoms. The molecule has 0 fully saturated rings. The van der Waals surface area contributed by atoms with Crippen molar-refractivity contribution in [3.05, 3.63) is 23.0 Å². The second-order valence-electron chi connectivity index (χ2n) is 3.84. The number of ether oxygens (including phenoxy) is 1. The molecule has 0 aliphatic heterocycles. The van der Waals surface area contributed by atoms with Crippen LogP contribution in [0.15, 0.2) is 6.08 Å². The van der Waals surface area contributed by atoms with Crippen molar-refractivity contribution in [3.63, 3.8) is 0 Å². The fourth-order valence-electron chi connectivity index (χ4n) is 1.48. The highest BCUT2D eigenvalue weighted by Gasteiger charge is 2.07. The quantitative estimate of drug-likeness (QED) is 0.618. The summed E-state index contributed by atoms with van der Waals surface area (Å²) in [5.74, 6) is -0.825. The minimum atomic E-state index is -0.481. The summed E-state index contributed by atoms with van der Waals surface area (Å²) in [6, 6.07) is 0. The number of hydrogen-bond acceptors (Lipinski definition) is 4. The van der Waals surface area contributed by atoms with Crippen molar-refractivity contribution >= 4 is 18.0 Å². The Kier molecular flexibility index (Phi) is 4.65. The second-order valence-corrected chi connectivity index (χ2v) is 3.84. The average Bonchev–Trinajstić information content (AvgIpc) is 2.58. The molecule has 0 radical (unpaired) electrons. The first-order chi connectivity index (χ1) is 8.45. The van der Waals surface area contributed by atoms with E-state index < -0.39 is 5.97 Å². The smallest absolute Gasteiger partial charge is 0.325 e. The number of carbonyl (C=O) groups excluding carboxylic acids is 2.